The minimum Gasteiger partial charge on any atom is -0.330 e. The molecule has 2 fully saturated rings. The summed E-state index contributed by atoms with van der Waals surface area (Å²) in [5.41, 5.74) is 23.1. The van der Waals surface area contributed by atoms with Crippen LogP contribution in [0.1, 0.15) is 141 Å². The number of halogens is 6. The zero-order valence-electron chi connectivity index (χ0n) is 37.0. The molecule has 0 aliphatic heterocycles. The fraction of sp³-hybridized carbons (Fsp3) is 1.00. The first-order chi connectivity index (χ1) is 26.3. The minimum atomic E-state index is -3.24. The van der Waals surface area contributed by atoms with E-state index in [2.05, 4.69) is 9.80 Å². The van der Waals surface area contributed by atoms with Crippen molar-refractivity contribution >= 4 is 89.6 Å². The van der Waals surface area contributed by atoms with Crippen molar-refractivity contribution in [3.05, 3.63) is 0 Å². The molecule has 0 saturated heterocycles. The predicted octanol–water partition coefficient (Wildman–Crippen LogP) is 10.3. The van der Waals surface area contributed by atoms with Crippen LogP contribution in [0.4, 0.5) is 0 Å². The lowest BCUT2D eigenvalue weighted by molar-refractivity contribution is 0.181. The second-order valence-electron chi connectivity index (χ2n) is 16.0. The Morgan fingerprint density at radius 3 is 0.950 bits per heavy atom. The van der Waals surface area contributed by atoms with Gasteiger partial charge in [0.2, 0.25) is 0 Å². The number of rotatable bonds is 37. The van der Waals surface area contributed by atoms with Crippen molar-refractivity contribution in [1.29, 1.82) is 0 Å². The number of unbranched alkanes of at least 4 members (excludes halogenated alkanes) is 3. The molecule has 2 aliphatic carbocycles. The summed E-state index contributed by atoms with van der Waals surface area (Å²) >= 11 is 0. The molecule has 2 unspecified atom stereocenters. The van der Waals surface area contributed by atoms with Gasteiger partial charge in [-0.2, -0.15) is 0 Å². The van der Waals surface area contributed by atoms with E-state index in [-0.39, 0.29) is 74.4 Å². The summed E-state index contributed by atoms with van der Waals surface area (Å²) in [4.78, 5) is 4.58. The Morgan fingerprint density at radius 1 is 0.383 bits per heavy atom. The SMILES string of the molecule is Cl.Cl.Cl.Cl.Cl.Cl.NCCCN(CCCN)CCP(=O)(OCCCCCCOP(=O)(CCN(CCCN)CCCN)OCCCC1CCCCC1)OCCCC1CCCCC1. The molecular weight excluding hydrogens is 935 g/mol. The van der Waals surface area contributed by atoms with Crippen LogP contribution in [-0.2, 0) is 27.2 Å². The molecule has 0 aromatic carbocycles. The van der Waals surface area contributed by atoms with Gasteiger partial charge in [-0.3, -0.25) is 9.13 Å². The monoisotopic (exact) mass is 1020 g/mol. The molecule has 60 heavy (non-hydrogen) atoms. The van der Waals surface area contributed by atoms with E-state index >= 15 is 0 Å². The van der Waals surface area contributed by atoms with Gasteiger partial charge in [-0.25, -0.2) is 0 Å². The van der Waals surface area contributed by atoms with E-state index in [1.165, 1.54) is 64.2 Å². The summed E-state index contributed by atoms with van der Waals surface area (Å²) in [6.45, 7) is 9.02. The predicted molar refractivity (Wildman–Crippen MR) is 270 cm³/mol. The Bertz CT molecular complexity index is 898. The zero-order valence-corrected chi connectivity index (χ0v) is 43.7. The lowest BCUT2D eigenvalue weighted by atomic mass is 9.86. The van der Waals surface area contributed by atoms with Gasteiger partial charge in [-0.1, -0.05) is 77.0 Å². The minimum absolute atomic E-state index is 0. The highest BCUT2D eigenvalue weighted by Crippen LogP contribution is 2.49. The molecule has 20 heteroatoms. The Hall–Kier alpha value is 1.80. The van der Waals surface area contributed by atoms with Crippen molar-refractivity contribution in [3.63, 3.8) is 0 Å². The standard InChI is InChI=1S/C40H86N6O6P2.6ClH/c41-23-13-27-45(28-14-24-42)31-37-53(47,51-35-11-21-39-17-5-3-6-18-39)49-33-9-1-2-10-34-50-54(48,38-32-46(29-15-25-43)30-16-26-44)52-36-12-22-40-19-7-4-8-20-40;;;;;;/h39-40H,1-38,41-44H2;6*1H. The van der Waals surface area contributed by atoms with Crippen LogP contribution < -0.4 is 22.9 Å². The average molecular weight is 1030 g/mol. The highest BCUT2D eigenvalue weighted by atomic mass is 35.5. The molecule has 8 N–H and O–H groups in total. The smallest absolute Gasteiger partial charge is 0.330 e. The summed E-state index contributed by atoms with van der Waals surface area (Å²) in [5, 5.41) is 0. The molecule has 12 nitrogen and oxygen atoms in total. The quantitative estimate of drug-likeness (QED) is 0.0342. The van der Waals surface area contributed by atoms with E-state index in [1.54, 1.807) is 0 Å². The molecule has 2 aliphatic rings. The van der Waals surface area contributed by atoms with Crippen molar-refractivity contribution in [1.82, 2.24) is 9.80 Å². The zero-order chi connectivity index (χ0) is 39.0. The van der Waals surface area contributed by atoms with Gasteiger partial charge >= 0.3 is 15.2 Å². The summed E-state index contributed by atoms with van der Waals surface area (Å²) in [7, 11) is -6.49. The fourth-order valence-electron chi connectivity index (χ4n) is 7.86. The van der Waals surface area contributed by atoms with Crippen LogP contribution in [0.25, 0.3) is 0 Å². The largest absolute Gasteiger partial charge is 0.331 e. The number of hydrogen-bond donors (Lipinski definition) is 4. The van der Waals surface area contributed by atoms with Crippen LogP contribution in [0.2, 0.25) is 0 Å². The topological polar surface area (TPSA) is 182 Å². The molecule has 0 bridgehead atoms. The average Bonchev–Trinajstić information content (AvgIpc) is 3.19. The first-order valence-electron chi connectivity index (χ1n) is 22.4. The highest BCUT2D eigenvalue weighted by molar-refractivity contribution is 7.54. The summed E-state index contributed by atoms with van der Waals surface area (Å²) < 4.78 is 52.3. The van der Waals surface area contributed by atoms with Crippen molar-refractivity contribution in [2.75, 3.05) is 104 Å². The fourth-order valence-corrected chi connectivity index (χ4v) is 11.2. The van der Waals surface area contributed by atoms with Crippen LogP contribution in [0.15, 0.2) is 0 Å². The molecule has 2 rings (SSSR count). The first kappa shape index (κ1) is 70.8. The van der Waals surface area contributed by atoms with Crippen LogP contribution in [-0.4, -0.2) is 114 Å². The van der Waals surface area contributed by atoms with Gasteiger partial charge in [0.15, 0.2) is 0 Å². The third-order valence-corrected chi connectivity index (χ3v) is 15.0. The van der Waals surface area contributed by atoms with Crippen molar-refractivity contribution in [2.24, 2.45) is 34.8 Å². The molecule has 0 spiro atoms. The normalized spacial score (nSPS) is 16.6. The molecule has 2 saturated carbocycles. The van der Waals surface area contributed by atoms with Gasteiger partial charge in [0.05, 0.1) is 38.8 Å². The Kier molecular flexibility index (Phi) is 55.8. The van der Waals surface area contributed by atoms with Crippen LogP contribution in [0, 0.1) is 11.8 Å². The number of nitrogens with two attached hydrogens (primary N) is 4. The van der Waals surface area contributed by atoms with Gasteiger partial charge < -0.3 is 50.8 Å². The first-order valence-corrected chi connectivity index (χ1v) is 25.8. The van der Waals surface area contributed by atoms with Crippen molar-refractivity contribution in [3.8, 4) is 0 Å². The molecular formula is C40H92Cl6N6O6P2. The molecule has 0 heterocycles. The molecule has 0 amide bonds. The van der Waals surface area contributed by atoms with Crippen LogP contribution in [0.5, 0.6) is 0 Å². The van der Waals surface area contributed by atoms with Crippen molar-refractivity contribution in [2.45, 2.75) is 141 Å². The lowest BCUT2D eigenvalue weighted by Crippen LogP contribution is -2.31. The van der Waals surface area contributed by atoms with E-state index in [0.717, 1.165) is 115 Å². The van der Waals surface area contributed by atoms with Gasteiger partial charge in [-0.05, 0) is 128 Å². The van der Waals surface area contributed by atoms with E-state index < -0.39 is 15.2 Å². The second kappa shape index (κ2) is 47.3. The Labute approximate surface area is 404 Å². The van der Waals surface area contributed by atoms with E-state index in [4.69, 9.17) is 41.0 Å². The Balaban J connectivity index is -0.00000168. The molecule has 2 atom stereocenters. The molecule has 0 aromatic heterocycles. The number of nitrogens with zero attached hydrogens (tertiary/aromatic N) is 2. The van der Waals surface area contributed by atoms with Crippen molar-refractivity contribution < 1.29 is 27.2 Å². The summed E-state index contributed by atoms with van der Waals surface area (Å²) in [5.74, 6) is 1.55. The van der Waals surface area contributed by atoms with Gasteiger partial charge in [0.1, 0.15) is 0 Å². The van der Waals surface area contributed by atoms with Gasteiger partial charge in [-0.15, -0.1) is 74.4 Å². The van der Waals surface area contributed by atoms with Crippen LogP contribution in [0.3, 0.4) is 0 Å². The maximum atomic E-state index is 14.0. The summed E-state index contributed by atoms with van der Waals surface area (Å²) in [6.07, 6.45) is 25.1. The second-order valence-corrected chi connectivity index (χ2v) is 20.3. The van der Waals surface area contributed by atoms with Gasteiger partial charge in [0.25, 0.3) is 0 Å². The number of hydrogen-bond acceptors (Lipinski definition) is 12. The molecule has 0 aromatic rings. The Morgan fingerprint density at radius 2 is 0.667 bits per heavy atom. The maximum absolute atomic E-state index is 14.0. The third kappa shape index (κ3) is 37.0. The molecule has 0 radical (unpaired) electrons. The van der Waals surface area contributed by atoms with E-state index in [9.17, 15) is 9.13 Å². The highest BCUT2D eigenvalue weighted by Gasteiger charge is 2.27. The summed E-state index contributed by atoms with van der Waals surface area (Å²) in [6, 6.07) is 0. The van der Waals surface area contributed by atoms with E-state index in [1.807, 2.05) is 0 Å². The maximum Gasteiger partial charge on any atom is 0.331 e. The van der Waals surface area contributed by atoms with Crippen LogP contribution >= 0.6 is 89.6 Å². The molecule has 370 valence electrons. The van der Waals surface area contributed by atoms with Gasteiger partial charge in [0, 0.05) is 13.1 Å². The third-order valence-electron chi connectivity index (χ3n) is 11.2. The van der Waals surface area contributed by atoms with E-state index in [0.29, 0.717) is 78.0 Å². The lowest BCUT2D eigenvalue weighted by Gasteiger charge is -2.26.